The van der Waals surface area contributed by atoms with E-state index in [1.165, 1.54) is 6.08 Å². The largest absolute Gasteiger partial charge is 0.496 e. The maximum Gasteiger partial charge on any atom is 0.249 e. The third-order valence-electron chi connectivity index (χ3n) is 5.63. The summed E-state index contributed by atoms with van der Waals surface area (Å²) in [4.78, 5) is 12.5. The highest BCUT2D eigenvalue weighted by Crippen LogP contribution is 2.39. The van der Waals surface area contributed by atoms with E-state index in [0.29, 0.717) is 22.9 Å². The number of carbonyl (C=O) groups is 1. The standard InChI is InChI=1S/C27H22N2O4/c1-16(11-27(30)28-26-12-17(2)33-29-26)21-13-22-23(15-32-25(22)14-24(21)31-3)20-10-6-8-18-7-4-5-9-19(18)20/h4-15H,1-3H3,(H,28,29,30)/b16-11+. The summed E-state index contributed by atoms with van der Waals surface area (Å²) in [6.45, 7) is 3.64. The molecule has 0 fully saturated rings. The molecule has 0 spiro atoms. The second kappa shape index (κ2) is 8.31. The van der Waals surface area contributed by atoms with Gasteiger partial charge >= 0.3 is 0 Å². The fourth-order valence-corrected chi connectivity index (χ4v) is 4.06. The molecule has 5 aromatic rings. The Balaban J connectivity index is 1.58. The summed E-state index contributed by atoms with van der Waals surface area (Å²) in [5.41, 5.74) is 4.34. The lowest BCUT2D eigenvalue weighted by Crippen LogP contribution is -2.08. The summed E-state index contributed by atoms with van der Waals surface area (Å²) in [6, 6.07) is 20.0. The van der Waals surface area contributed by atoms with E-state index < -0.39 is 0 Å². The third-order valence-corrected chi connectivity index (χ3v) is 5.63. The van der Waals surface area contributed by atoms with Gasteiger partial charge in [0.2, 0.25) is 5.91 Å². The average Bonchev–Trinajstić information content (AvgIpc) is 3.42. The predicted octanol–water partition coefficient (Wildman–Crippen LogP) is 6.60. The fourth-order valence-electron chi connectivity index (χ4n) is 4.06. The van der Waals surface area contributed by atoms with Crippen LogP contribution in [0.25, 0.3) is 38.4 Å². The van der Waals surface area contributed by atoms with Crippen LogP contribution in [-0.4, -0.2) is 18.2 Å². The van der Waals surface area contributed by atoms with Crippen molar-refractivity contribution in [2.24, 2.45) is 0 Å². The number of benzene rings is 3. The van der Waals surface area contributed by atoms with E-state index in [2.05, 4.69) is 34.7 Å². The molecule has 0 aliphatic rings. The molecule has 0 saturated carbocycles. The molecule has 0 aliphatic carbocycles. The van der Waals surface area contributed by atoms with Crippen molar-refractivity contribution in [1.29, 1.82) is 0 Å². The van der Waals surface area contributed by atoms with Crippen LogP contribution in [0.15, 0.2) is 81.9 Å². The van der Waals surface area contributed by atoms with Crippen molar-refractivity contribution < 1.29 is 18.5 Å². The van der Waals surface area contributed by atoms with Crippen molar-refractivity contribution in [3.63, 3.8) is 0 Å². The molecule has 6 nitrogen and oxygen atoms in total. The minimum Gasteiger partial charge on any atom is -0.496 e. The van der Waals surface area contributed by atoms with E-state index in [9.17, 15) is 4.79 Å². The molecule has 1 amide bonds. The van der Waals surface area contributed by atoms with Crippen LogP contribution < -0.4 is 10.1 Å². The molecule has 0 aliphatic heterocycles. The minimum absolute atomic E-state index is 0.301. The summed E-state index contributed by atoms with van der Waals surface area (Å²) < 4.78 is 16.5. The molecule has 5 rings (SSSR count). The van der Waals surface area contributed by atoms with Gasteiger partial charge in [0.05, 0.1) is 13.4 Å². The van der Waals surface area contributed by atoms with Gasteiger partial charge in [0.1, 0.15) is 17.1 Å². The lowest BCUT2D eigenvalue weighted by molar-refractivity contribution is -0.111. The maximum atomic E-state index is 12.5. The van der Waals surface area contributed by atoms with Gasteiger partial charge < -0.3 is 19.0 Å². The van der Waals surface area contributed by atoms with Gasteiger partial charge in [-0.3, -0.25) is 4.79 Å². The molecule has 6 heteroatoms. The number of allylic oxidation sites excluding steroid dienone is 1. The Morgan fingerprint density at radius 2 is 1.85 bits per heavy atom. The van der Waals surface area contributed by atoms with E-state index in [1.54, 1.807) is 26.4 Å². The molecule has 2 heterocycles. The molecule has 0 saturated heterocycles. The van der Waals surface area contributed by atoms with Crippen LogP contribution in [0.5, 0.6) is 5.75 Å². The van der Waals surface area contributed by atoms with Crippen LogP contribution in [0, 0.1) is 6.92 Å². The summed E-state index contributed by atoms with van der Waals surface area (Å²) in [5.74, 6) is 1.32. The summed E-state index contributed by atoms with van der Waals surface area (Å²) in [5, 5.41) is 9.77. The highest BCUT2D eigenvalue weighted by atomic mass is 16.5. The van der Waals surface area contributed by atoms with Gasteiger partial charge in [-0.1, -0.05) is 47.6 Å². The van der Waals surface area contributed by atoms with Crippen LogP contribution >= 0.6 is 0 Å². The zero-order valence-electron chi connectivity index (χ0n) is 18.5. The average molecular weight is 438 g/mol. The highest BCUT2D eigenvalue weighted by Gasteiger charge is 2.16. The second-order valence-electron chi connectivity index (χ2n) is 7.86. The SMILES string of the molecule is COc1cc2occ(-c3cccc4ccccc34)c2cc1/C(C)=C/C(=O)Nc1cc(C)on1. The number of anilines is 1. The van der Waals surface area contributed by atoms with Crippen LogP contribution in [0.1, 0.15) is 18.2 Å². The molecule has 1 N–H and O–H groups in total. The lowest BCUT2D eigenvalue weighted by atomic mass is 9.96. The summed E-state index contributed by atoms with van der Waals surface area (Å²) in [7, 11) is 1.60. The van der Waals surface area contributed by atoms with E-state index in [4.69, 9.17) is 13.7 Å². The summed E-state index contributed by atoms with van der Waals surface area (Å²) >= 11 is 0. The van der Waals surface area contributed by atoms with Gasteiger partial charge in [-0.05, 0) is 41.8 Å². The van der Waals surface area contributed by atoms with Gasteiger partial charge in [-0.15, -0.1) is 0 Å². The number of rotatable bonds is 5. The number of fused-ring (bicyclic) bond motifs is 2. The Kier molecular flexibility index (Phi) is 5.18. The number of hydrogen-bond acceptors (Lipinski definition) is 5. The van der Waals surface area contributed by atoms with E-state index in [-0.39, 0.29) is 5.91 Å². The summed E-state index contributed by atoms with van der Waals surface area (Å²) in [6.07, 6.45) is 3.29. The van der Waals surface area contributed by atoms with E-state index in [0.717, 1.165) is 38.4 Å². The fraction of sp³-hybridized carbons (Fsp3) is 0.111. The van der Waals surface area contributed by atoms with Crippen molar-refractivity contribution in [3.05, 3.63) is 84.3 Å². The topological polar surface area (TPSA) is 77.5 Å². The molecule has 0 radical (unpaired) electrons. The third kappa shape index (κ3) is 3.87. The normalized spacial score (nSPS) is 11.8. The number of methoxy groups -OCH3 is 1. The van der Waals surface area contributed by atoms with E-state index >= 15 is 0 Å². The molecular weight excluding hydrogens is 416 g/mol. The Morgan fingerprint density at radius 3 is 2.64 bits per heavy atom. The number of aromatic nitrogens is 1. The lowest BCUT2D eigenvalue weighted by Gasteiger charge is -2.10. The molecule has 0 bridgehead atoms. The van der Waals surface area contributed by atoms with Crippen molar-refractivity contribution in [2.45, 2.75) is 13.8 Å². The first-order valence-corrected chi connectivity index (χ1v) is 10.5. The van der Waals surface area contributed by atoms with Crippen molar-refractivity contribution in [2.75, 3.05) is 12.4 Å². The smallest absolute Gasteiger partial charge is 0.249 e. The molecule has 164 valence electrons. The quantitative estimate of drug-likeness (QED) is 0.313. The minimum atomic E-state index is -0.301. The molecular formula is C27H22N2O4. The van der Waals surface area contributed by atoms with Crippen LogP contribution in [0.4, 0.5) is 5.82 Å². The van der Waals surface area contributed by atoms with Crippen LogP contribution in [0.2, 0.25) is 0 Å². The first-order valence-electron chi connectivity index (χ1n) is 10.5. The molecule has 2 aromatic heterocycles. The Labute approximate surface area is 190 Å². The molecule has 0 atom stereocenters. The number of nitrogens with zero attached hydrogens (tertiary/aromatic N) is 1. The van der Waals surface area contributed by atoms with Crippen molar-refractivity contribution >= 4 is 39.0 Å². The van der Waals surface area contributed by atoms with Gasteiger partial charge in [0.15, 0.2) is 5.82 Å². The Morgan fingerprint density at radius 1 is 1.03 bits per heavy atom. The zero-order valence-corrected chi connectivity index (χ0v) is 18.5. The van der Waals surface area contributed by atoms with Crippen LogP contribution in [0.3, 0.4) is 0 Å². The number of amides is 1. The van der Waals surface area contributed by atoms with Gasteiger partial charge in [-0.25, -0.2) is 0 Å². The zero-order chi connectivity index (χ0) is 22.9. The highest BCUT2D eigenvalue weighted by molar-refractivity contribution is 6.07. The number of nitrogens with one attached hydrogen (secondary N) is 1. The van der Waals surface area contributed by atoms with E-state index in [1.807, 2.05) is 37.3 Å². The van der Waals surface area contributed by atoms with Gasteiger partial charge in [-0.2, -0.15) is 0 Å². The van der Waals surface area contributed by atoms with Crippen molar-refractivity contribution in [3.8, 4) is 16.9 Å². The van der Waals surface area contributed by atoms with Gasteiger partial charge in [0, 0.05) is 34.7 Å². The molecule has 0 unspecified atom stereocenters. The molecule has 3 aromatic carbocycles. The van der Waals surface area contributed by atoms with Crippen molar-refractivity contribution in [1.82, 2.24) is 5.16 Å². The first-order chi connectivity index (χ1) is 16.0. The number of carbonyl (C=O) groups excluding carboxylic acids is 1. The second-order valence-corrected chi connectivity index (χ2v) is 7.86. The van der Waals surface area contributed by atoms with Gasteiger partial charge in [0.25, 0.3) is 0 Å². The number of hydrogen-bond donors (Lipinski definition) is 1. The number of furan rings is 1. The monoisotopic (exact) mass is 438 g/mol. The number of aryl methyl sites for hydroxylation is 1. The van der Waals surface area contributed by atoms with Crippen LogP contribution in [-0.2, 0) is 4.79 Å². The Bertz CT molecular complexity index is 1520. The predicted molar refractivity (Wildman–Crippen MR) is 129 cm³/mol. The maximum absolute atomic E-state index is 12.5. The number of ether oxygens (including phenoxy) is 1. The Hall–Kier alpha value is -4.32. The first kappa shape index (κ1) is 20.6. The molecule has 33 heavy (non-hydrogen) atoms.